The number of amides is 1. The van der Waals surface area contributed by atoms with Gasteiger partial charge in [0.25, 0.3) is 0 Å². The number of benzene rings is 1. The van der Waals surface area contributed by atoms with Crippen LogP contribution in [0.15, 0.2) is 24.3 Å². The van der Waals surface area contributed by atoms with Crippen molar-refractivity contribution in [1.82, 2.24) is 4.90 Å². The quantitative estimate of drug-likeness (QED) is 0.865. The molecule has 0 saturated carbocycles. The standard InChI is InChI=1S/C17H25NO3/c1-12-7-5-6-8-13(12)14-9-10-18(11-15(14)19)16(20)21-17(2,3)4/h5-8,14-15,19H,9-11H2,1-4H3/t14-,15-/m1/s1. The number of carbonyl (C=O) groups is 1. The molecule has 1 heterocycles. The van der Waals surface area contributed by atoms with Crippen LogP contribution in [0.4, 0.5) is 4.79 Å². The van der Waals surface area contributed by atoms with Gasteiger partial charge in [-0.2, -0.15) is 0 Å². The second-order valence-electron chi connectivity index (χ2n) is 6.75. The summed E-state index contributed by atoms with van der Waals surface area (Å²) in [7, 11) is 0. The Bertz CT molecular complexity index is 507. The molecule has 0 radical (unpaired) electrons. The molecular weight excluding hydrogens is 266 g/mol. The number of hydrogen-bond acceptors (Lipinski definition) is 3. The van der Waals surface area contributed by atoms with E-state index < -0.39 is 11.7 Å². The lowest BCUT2D eigenvalue weighted by Gasteiger charge is -2.37. The van der Waals surface area contributed by atoms with Crippen LogP contribution in [0, 0.1) is 6.92 Å². The predicted octanol–water partition coefficient (Wildman–Crippen LogP) is 3.08. The first-order chi connectivity index (χ1) is 9.78. The van der Waals surface area contributed by atoms with Crippen LogP contribution in [0.1, 0.15) is 44.2 Å². The highest BCUT2D eigenvalue weighted by Gasteiger charge is 2.33. The minimum absolute atomic E-state index is 0.0879. The largest absolute Gasteiger partial charge is 0.444 e. The molecule has 0 aliphatic carbocycles. The molecule has 1 saturated heterocycles. The first kappa shape index (κ1) is 15.8. The van der Waals surface area contributed by atoms with Gasteiger partial charge in [-0.05, 0) is 45.2 Å². The van der Waals surface area contributed by atoms with Gasteiger partial charge in [0, 0.05) is 12.5 Å². The number of rotatable bonds is 1. The highest BCUT2D eigenvalue weighted by Crippen LogP contribution is 2.31. The molecule has 1 aromatic carbocycles. The minimum atomic E-state index is -0.549. The van der Waals surface area contributed by atoms with E-state index in [0.717, 1.165) is 6.42 Å². The van der Waals surface area contributed by atoms with Gasteiger partial charge in [-0.25, -0.2) is 4.79 Å². The van der Waals surface area contributed by atoms with Crippen molar-refractivity contribution in [3.8, 4) is 0 Å². The fourth-order valence-electron chi connectivity index (χ4n) is 2.79. The van der Waals surface area contributed by atoms with Crippen LogP contribution in [0.2, 0.25) is 0 Å². The monoisotopic (exact) mass is 291 g/mol. The van der Waals surface area contributed by atoms with E-state index in [9.17, 15) is 9.90 Å². The van der Waals surface area contributed by atoms with E-state index in [4.69, 9.17) is 4.74 Å². The van der Waals surface area contributed by atoms with Gasteiger partial charge in [0.1, 0.15) is 5.60 Å². The van der Waals surface area contributed by atoms with E-state index in [2.05, 4.69) is 19.1 Å². The number of aliphatic hydroxyl groups excluding tert-OH is 1. The summed E-state index contributed by atoms with van der Waals surface area (Å²) >= 11 is 0. The normalized spacial score (nSPS) is 23.0. The summed E-state index contributed by atoms with van der Waals surface area (Å²) in [5, 5.41) is 10.4. The van der Waals surface area contributed by atoms with Crippen LogP contribution in [0.3, 0.4) is 0 Å². The second kappa shape index (κ2) is 6.06. The molecule has 116 valence electrons. The summed E-state index contributed by atoms with van der Waals surface area (Å²) in [6, 6.07) is 8.12. The topological polar surface area (TPSA) is 49.8 Å². The summed E-state index contributed by atoms with van der Waals surface area (Å²) < 4.78 is 5.37. The van der Waals surface area contributed by atoms with Crippen LogP contribution in [0.5, 0.6) is 0 Å². The fourth-order valence-corrected chi connectivity index (χ4v) is 2.79. The molecule has 1 fully saturated rings. The van der Waals surface area contributed by atoms with Crippen LogP contribution in [-0.4, -0.2) is 40.9 Å². The maximum atomic E-state index is 12.1. The fraction of sp³-hybridized carbons (Fsp3) is 0.588. The van der Waals surface area contributed by atoms with Gasteiger partial charge in [-0.3, -0.25) is 0 Å². The average Bonchev–Trinajstić information content (AvgIpc) is 2.38. The zero-order valence-corrected chi connectivity index (χ0v) is 13.3. The van der Waals surface area contributed by atoms with Crippen LogP contribution < -0.4 is 0 Å². The number of likely N-dealkylation sites (tertiary alicyclic amines) is 1. The minimum Gasteiger partial charge on any atom is -0.444 e. The molecular formula is C17H25NO3. The number of carbonyl (C=O) groups excluding carboxylic acids is 1. The molecule has 0 aromatic heterocycles. The first-order valence-corrected chi connectivity index (χ1v) is 7.49. The summed E-state index contributed by atoms with van der Waals surface area (Å²) in [5.41, 5.74) is 1.86. The van der Waals surface area contributed by atoms with Gasteiger partial charge in [0.2, 0.25) is 0 Å². The summed E-state index contributed by atoms with van der Waals surface area (Å²) in [5.74, 6) is 0.0879. The molecule has 1 amide bonds. The number of ether oxygens (including phenoxy) is 1. The number of β-amino-alcohol motifs (C(OH)–C–C–N with tert-alkyl or cyclic N) is 1. The Labute approximate surface area is 126 Å². The van der Waals surface area contributed by atoms with E-state index in [1.54, 1.807) is 4.90 Å². The molecule has 4 heteroatoms. The van der Waals surface area contributed by atoms with Crippen molar-refractivity contribution in [2.45, 2.75) is 51.7 Å². The molecule has 21 heavy (non-hydrogen) atoms. The maximum Gasteiger partial charge on any atom is 0.410 e. The van der Waals surface area contributed by atoms with E-state index in [0.29, 0.717) is 13.1 Å². The third-order valence-corrected chi connectivity index (χ3v) is 3.82. The Morgan fingerprint density at radius 2 is 2.00 bits per heavy atom. The first-order valence-electron chi connectivity index (χ1n) is 7.49. The second-order valence-corrected chi connectivity index (χ2v) is 6.75. The molecule has 2 rings (SSSR count). The van der Waals surface area contributed by atoms with Crippen molar-refractivity contribution < 1.29 is 14.6 Å². The molecule has 1 aliphatic rings. The van der Waals surface area contributed by atoms with E-state index in [1.165, 1.54) is 11.1 Å². The molecule has 1 aromatic rings. The summed E-state index contributed by atoms with van der Waals surface area (Å²) in [6.07, 6.45) is -0.136. The van der Waals surface area contributed by atoms with Gasteiger partial charge in [-0.15, -0.1) is 0 Å². The molecule has 2 atom stereocenters. The number of piperidine rings is 1. The number of hydrogen-bond donors (Lipinski definition) is 1. The Morgan fingerprint density at radius 3 is 2.57 bits per heavy atom. The Morgan fingerprint density at radius 1 is 1.33 bits per heavy atom. The van der Waals surface area contributed by atoms with Gasteiger partial charge in [-0.1, -0.05) is 24.3 Å². The average molecular weight is 291 g/mol. The summed E-state index contributed by atoms with van der Waals surface area (Å²) in [4.78, 5) is 13.7. The van der Waals surface area contributed by atoms with Crippen molar-refractivity contribution in [1.29, 1.82) is 0 Å². The van der Waals surface area contributed by atoms with Gasteiger partial charge >= 0.3 is 6.09 Å². The maximum absolute atomic E-state index is 12.1. The van der Waals surface area contributed by atoms with Crippen LogP contribution in [0.25, 0.3) is 0 Å². The van der Waals surface area contributed by atoms with Crippen LogP contribution in [-0.2, 0) is 4.74 Å². The number of aliphatic hydroxyl groups is 1. The van der Waals surface area contributed by atoms with Crippen molar-refractivity contribution in [3.63, 3.8) is 0 Å². The lowest BCUT2D eigenvalue weighted by molar-refractivity contribution is -0.00156. The molecule has 0 unspecified atom stereocenters. The number of aryl methyl sites for hydroxylation is 1. The Kier molecular flexibility index (Phi) is 4.57. The van der Waals surface area contributed by atoms with E-state index in [1.807, 2.05) is 32.9 Å². The van der Waals surface area contributed by atoms with Crippen LogP contribution >= 0.6 is 0 Å². The van der Waals surface area contributed by atoms with E-state index in [-0.39, 0.29) is 12.0 Å². The zero-order valence-electron chi connectivity index (χ0n) is 13.3. The Hall–Kier alpha value is -1.55. The predicted molar refractivity (Wildman–Crippen MR) is 82.4 cm³/mol. The molecule has 0 spiro atoms. The lowest BCUT2D eigenvalue weighted by atomic mass is 9.85. The third kappa shape index (κ3) is 3.97. The van der Waals surface area contributed by atoms with Crippen molar-refractivity contribution >= 4 is 6.09 Å². The Balaban J connectivity index is 2.03. The van der Waals surface area contributed by atoms with Gasteiger partial charge in [0.05, 0.1) is 12.6 Å². The highest BCUT2D eigenvalue weighted by molar-refractivity contribution is 5.68. The summed E-state index contributed by atoms with van der Waals surface area (Å²) in [6.45, 7) is 8.55. The molecule has 1 N–H and O–H groups in total. The lowest BCUT2D eigenvalue weighted by Crippen LogP contribution is -2.47. The molecule has 0 bridgehead atoms. The van der Waals surface area contributed by atoms with Gasteiger partial charge in [0.15, 0.2) is 0 Å². The van der Waals surface area contributed by atoms with Crippen molar-refractivity contribution in [2.75, 3.05) is 13.1 Å². The highest BCUT2D eigenvalue weighted by atomic mass is 16.6. The molecule has 1 aliphatic heterocycles. The third-order valence-electron chi connectivity index (χ3n) is 3.82. The van der Waals surface area contributed by atoms with Crippen molar-refractivity contribution in [2.24, 2.45) is 0 Å². The van der Waals surface area contributed by atoms with Crippen molar-refractivity contribution in [3.05, 3.63) is 35.4 Å². The smallest absolute Gasteiger partial charge is 0.410 e. The van der Waals surface area contributed by atoms with Gasteiger partial charge < -0.3 is 14.7 Å². The van der Waals surface area contributed by atoms with E-state index >= 15 is 0 Å². The molecule has 4 nitrogen and oxygen atoms in total. The number of nitrogens with zero attached hydrogens (tertiary/aromatic N) is 1. The zero-order chi connectivity index (χ0) is 15.6. The SMILES string of the molecule is Cc1ccccc1[C@H]1CCN(C(=O)OC(C)(C)C)C[C@H]1O.